The van der Waals surface area contributed by atoms with Crippen LogP contribution in [0.4, 0.5) is 4.39 Å². The normalized spacial score (nSPS) is 12.9. The third-order valence-corrected chi connectivity index (χ3v) is 4.63. The van der Waals surface area contributed by atoms with Gasteiger partial charge in [0.05, 0.1) is 6.10 Å². The van der Waals surface area contributed by atoms with E-state index in [4.69, 9.17) is 0 Å². The second-order valence-corrected chi connectivity index (χ2v) is 5.95. The van der Waals surface area contributed by atoms with Crippen molar-refractivity contribution in [1.29, 1.82) is 0 Å². The number of aromatic nitrogens is 2. The Balaban J connectivity index is 1.75. The number of aryl methyl sites for hydroxylation is 2. The summed E-state index contributed by atoms with van der Waals surface area (Å²) in [5.74, 6) is -0.240. The number of hydrogen-bond acceptors (Lipinski definition) is 3. The van der Waals surface area contributed by atoms with E-state index in [1.165, 1.54) is 23.5 Å². The molecule has 2 aromatic heterocycles. The Labute approximate surface area is 120 Å². The summed E-state index contributed by atoms with van der Waals surface area (Å²) in [4.78, 5) is 0.882. The van der Waals surface area contributed by atoms with Crippen LogP contribution in [-0.2, 0) is 13.5 Å². The third-order valence-electron chi connectivity index (χ3n) is 3.43. The molecule has 0 spiro atoms. The number of rotatable bonds is 4. The van der Waals surface area contributed by atoms with E-state index in [9.17, 15) is 9.50 Å². The molecule has 3 nitrogen and oxygen atoms in total. The van der Waals surface area contributed by atoms with E-state index in [1.807, 2.05) is 23.9 Å². The van der Waals surface area contributed by atoms with Gasteiger partial charge in [-0.15, -0.1) is 11.3 Å². The van der Waals surface area contributed by atoms with E-state index in [-0.39, 0.29) is 5.82 Å². The summed E-state index contributed by atoms with van der Waals surface area (Å²) in [6, 6.07) is 8.59. The predicted octanol–water partition coefficient (Wildman–Crippen LogP) is 3.44. The highest BCUT2D eigenvalue weighted by atomic mass is 32.1. The van der Waals surface area contributed by atoms with Crippen LogP contribution in [0, 0.1) is 5.82 Å². The van der Waals surface area contributed by atoms with Gasteiger partial charge < -0.3 is 5.11 Å². The molecular formula is C15H15FN2OS. The van der Waals surface area contributed by atoms with Gasteiger partial charge in [0.15, 0.2) is 0 Å². The maximum Gasteiger partial charge on any atom is 0.124 e. The van der Waals surface area contributed by atoms with Gasteiger partial charge in [-0.05, 0) is 42.5 Å². The fraction of sp³-hybridized carbons (Fsp3) is 0.267. The van der Waals surface area contributed by atoms with Gasteiger partial charge in [-0.1, -0.05) is 6.07 Å². The number of halogens is 1. The highest BCUT2D eigenvalue weighted by molar-refractivity contribution is 7.19. The summed E-state index contributed by atoms with van der Waals surface area (Å²) < 4.78 is 15.8. The lowest BCUT2D eigenvalue weighted by Crippen LogP contribution is -2.02. The molecule has 3 rings (SSSR count). The van der Waals surface area contributed by atoms with Crippen molar-refractivity contribution in [3.8, 4) is 0 Å². The largest absolute Gasteiger partial charge is 0.388 e. The van der Waals surface area contributed by atoms with Gasteiger partial charge in [0, 0.05) is 28.5 Å². The molecule has 0 radical (unpaired) electrons. The molecule has 0 saturated heterocycles. The van der Waals surface area contributed by atoms with E-state index in [1.54, 1.807) is 12.3 Å². The highest BCUT2D eigenvalue weighted by Crippen LogP contribution is 2.32. The molecule has 0 amide bonds. The first-order valence-corrected chi connectivity index (χ1v) is 7.29. The van der Waals surface area contributed by atoms with Crippen LogP contribution in [0.15, 0.2) is 36.5 Å². The molecule has 0 saturated carbocycles. The molecule has 0 aliphatic rings. The summed E-state index contributed by atoms with van der Waals surface area (Å²) in [7, 11) is 1.89. The zero-order valence-corrected chi connectivity index (χ0v) is 11.9. The van der Waals surface area contributed by atoms with Gasteiger partial charge in [-0.2, -0.15) is 5.10 Å². The number of benzene rings is 1. The maximum absolute atomic E-state index is 13.2. The smallest absolute Gasteiger partial charge is 0.124 e. The Bertz CT molecular complexity index is 734. The molecule has 0 aliphatic carbocycles. The number of fused-ring (bicyclic) bond motifs is 1. The number of thiophene rings is 1. The molecule has 1 unspecified atom stereocenters. The molecule has 3 aromatic rings. The predicted molar refractivity (Wildman–Crippen MR) is 78.3 cm³/mol. The first-order chi connectivity index (χ1) is 9.63. The van der Waals surface area contributed by atoms with E-state index in [2.05, 4.69) is 5.10 Å². The topological polar surface area (TPSA) is 38.0 Å². The Morgan fingerprint density at radius 3 is 2.95 bits per heavy atom. The van der Waals surface area contributed by atoms with Crippen molar-refractivity contribution in [3.63, 3.8) is 0 Å². The van der Waals surface area contributed by atoms with Crippen LogP contribution >= 0.6 is 11.3 Å². The molecule has 1 aromatic carbocycles. The van der Waals surface area contributed by atoms with Crippen LogP contribution in [0.5, 0.6) is 0 Å². The lowest BCUT2D eigenvalue weighted by molar-refractivity contribution is 0.171. The minimum absolute atomic E-state index is 0.240. The first-order valence-electron chi connectivity index (χ1n) is 6.47. The van der Waals surface area contributed by atoms with Crippen molar-refractivity contribution in [2.75, 3.05) is 0 Å². The van der Waals surface area contributed by atoms with Crippen LogP contribution in [0.1, 0.15) is 23.1 Å². The molecule has 1 atom stereocenters. The molecule has 20 heavy (non-hydrogen) atoms. The molecule has 104 valence electrons. The number of nitrogens with zero attached hydrogens (tertiary/aromatic N) is 2. The van der Waals surface area contributed by atoms with Crippen molar-refractivity contribution >= 4 is 21.4 Å². The highest BCUT2D eigenvalue weighted by Gasteiger charge is 2.13. The van der Waals surface area contributed by atoms with Gasteiger partial charge in [-0.25, -0.2) is 4.39 Å². The summed E-state index contributed by atoms with van der Waals surface area (Å²) in [6.45, 7) is 0. The SMILES string of the molecule is Cn1nccc1CCC(O)c1cc2ccc(F)cc2s1. The van der Waals surface area contributed by atoms with Crippen molar-refractivity contribution in [2.45, 2.75) is 18.9 Å². The molecule has 2 heterocycles. The number of hydrogen-bond donors (Lipinski definition) is 1. The van der Waals surface area contributed by atoms with Gasteiger partial charge in [0.25, 0.3) is 0 Å². The Morgan fingerprint density at radius 1 is 1.35 bits per heavy atom. The molecule has 0 aliphatic heterocycles. The van der Waals surface area contributed by atoms with E-state index < -0.39 is 6.10 Å². The van der Waals surface area contributed by atoms with Gasteiger partial charge in [-0.3, -0.25) is 4.68 Å². The summed E-state index contributed by atoms with van der Waals surface area (Å²) >= 11 is 1.45. The summed E-state index contributed by atoms with van der Waals surface area (Å²) in [5, 5.41) is 15.4. The molecule has 5 heteroatoms. The minimum Gasteiger partial charge on any atom is -0.388 e. The zero-order valence-electron chi connectivity index (χ0n) is 11.1. The van der Waals surface area contributed by atoms with Crippen LogP contribution in [0.25, 0.3) is 10.1 Å². The quantitative estimate of drug-likeness (QED) is 0.799. The van der Waals surface area contributed by atoms with E-state index in [0.717, 1.165) is 27.1 Å². The average molecular weight is 290 g/mol. The fourth-order valence-electron chi connectivity index (χ4n) is 2.26. The van der Waals surface area contributed by atoms with Crippen LogP contribution in [-0.4, -0.2) is 14.9 Å². The monoisotopic (exact) mass is 290 g/mol. The molecule has 0 bridgehead atoms. The van der Waals surface area contributed by atoms with E-state index >= 15 is 0 Å². The van der Waals surface area contributed by atoms with Gasteiger partial charge in [0.1, 0.15) is 5.82 Å². The van der Waals surface area contributed by atoms with Crippen LogP contribution in [0.3, 0.4) is 0 Å². The molecule has 1 N–H and O–H groups in total. The fourth-order valence-corrected chi connectivity index (χ4v) is 3.37. The number of aliphatic hydroxyl groups is 1. The summed E-state index contributed by atoms with van der Waals surface area (Å²) in [5.41, 5.74) is 1.09. The lowest BCUT2D eigenvalue weighted by atomic mass is 10.1. The second-order valence-electron chi connectivity index (χ2n) is 4.83. The second kappa shape index (κ2) is 5.34. The van der Waals surface area contributed by atoms with Crippen molar-refractivity contribution in [2.24, 2.45) is 7.05 Å². The van der Waals surface area contributed by atoms with Crippen LogP contribution < -0.4 is 0 Å². The standard InChI is InChI=1S/C15H15FN2OS/c1-18-12(6-7-17-18)4-5-13(19)15-8-10-2-3-11(16)9-14(10)20-15/h2-3,6-9,13,19H,4-5H2,1H3. The molecular weight excluding hydrogens is 275 g/mol. The number of aliphatic hydroxyl groups excluding tert-OH is 1. The zero-order chi connectivity index (χ0) is 14.1. The third kappa shape index (κ3) is 2.59. The summed E-state index contributed by atoms with van der Waals surface area (Å²) in [6.07, 6.45) is 2.63. The van der Waals surface area contributed by atoms with Crippen molar-refractivity contribution < 1.29 is 9.50 Å². The van der Waals surface area contributed by atoms with Gasteiger partial charge >= 0.3 is 0 Å². The van der Waals surface area contributed by atoms with Crippen molar-refractivity contribution in [3.05, 3.63) is 52.9 Å². The lowest BCUT2D eigenvalue weighted by Gasteiger charge is -2.08. The maximum atomic E-state index is 13.2. The minimum atomic E-state index is -0.523. The Morgan fingerprint density at radius 2 is 2.20 bits per heavy atom. The Kier molecular flexibility index (Phi) is 3.54. The van der Waals surface area contributed by atoms with Crippen molar-refractivity contribution in [1.82, 2.24) is 9.78 Å². The van der Waals surface area contributed by atoms with Gasteiger partial charge in [0.2, 0.25) is 0 Å². The van der Waals surface area contributed by atoms with E-state index in [0.29, 0.717) is 6.42 Å². The van der Waals surface area contributed by atoms with Crippen LogP contribution in [0.2, 0.25) is 0 Å². The Hall–Kier alpha value is -1.72. The average Bonchev–Trinajstić information content (AvgIpc) is 3.01. The first kappa shape index (κ1) is 13.3. The molecule has 0 fully saturated rings.